The second-order valence-electron chi connectivity index (χ2n) is 4.98. The number of benzene rings is 1. The Kier molecular flexibility index (Phi) is 3.92. The summed E-state index contributed by atoms with van der Waals surface area (Å²) >= 11 is 0. The SMILES string of the molecule is CCn1ccnc1CC(NC)c1ccc2nccnc2c1. The molecule has 3 aromatic rings. The van der Waals surface area contributed by atoms with Gasteiger partial charge >= 0.3 is 0 Å². The third kappa shape index (κ3) is 2.78. The first-order valence-electron chi connectivity index (χ1n) is 7.19. The van der Waals surface area contributed by atoms with Crippen molar-refractivity contribution < 1.29 is 0 Å². The van der Waals surface area contributed by atoms with Crippen molar-refractivity contribution in [3.8, 4) is 0 Å². The summed E-state index contributed by atoms with van der Waals surface area (Å²) in [5, 5.41) is 3.37. The topological polar surface area (TPSA) is 55.6 Å². The van der Waals surface area contributed by atoms with Crippen molar-refractivity contribution >= 4 is 11.0 Å². The van der Waals surface area contributed by atoms with Gasteiger partial charge in [-0.25, -0.2) is 4.98 Å². The molecule has 0 spiro atoms. The van der Waals surface area contributed by atoms with Crippen LogP contribution >= 0.6 is 0 Å². The van der Waals surface area contributed by atoms with Crippen LogP contribution in [0.4, 0.5) is 0 Å². The Bertz CT molecular complexity index is 734. The lowest BCUT2D eigenvalue weighted by Gasteiger charge is -2.17. The molecule has 21 heavy (non-hydrogen) atoms. The summed E-state index contributed by atoms with van der Waals surface area (Å²) in [5.74, 6) is 1.09. The van der Waals surface area contributed by atoms with E-state index in [1.165, 1.54) is 5.56 Å². The van der Waals surface area contributed by atoms with E-state index >= 15 is 0 Å². The highest BCUT2D eigenvalue weighted by Crippen LogP contribution is 2.20. The molecule has 0 bridgehead atoms. The van der Waals surface area contributed by atoms with E-state index in [0.717, 1.165) is 29.8 Å². The van der Waals surface area contributed by atoms with Crippen molar-refractivity contribution in [2.45, 2.75) is 25.9 Å². The van der Waals surface area contributed by atoms with Crippen LogP contribution in [0.5, 0.6) is 0 Å². The Morgan fingerprint density at radius 2 is 1.90 bits per heavy atom. The lowest BCUT2D eigenvalue weighted by Crippen LogP contribution is -2.20. The zero-order valence-electron chi connectivity index (χ0n) is 12.3. The summed E-state index contributed by atoms with van der Waals surface area (Å²) in [6.45, 7) is 3.07. The lowest BCUT2D eigenvalue weighted by molar-refractivity contribution is 0.553. The molecule has 0 saturated carbocycles. The average Bonchev–Trinajstić information content (AvgIpc) is 2.99. The monoisotopic (exact) mass is 281 g/mol. The molecular formula is C16H19N5. The van der Waals surface area contributed by atoms with Crippen molar-refractivity contribution in [2.24, 2.45) is 0 Å². The Labute approximate surface area is 124 Å². The van der Waals surface area contributed by atoms with Crippen molar-refractivity contribution in [3.63, 3.8) is 0 Å². The number of aryl methyl sites for hydroxylation is 1. The highest BCUT2D eigenvalue weighted by molar-refractivity contribution is 5.74. The Morgan fingerprint density at radius 1 is 1.10 bits per heavy atom. The predicted octanol–water partition coefficient (Wildman–Crippen LogP) is 2.35. The van der Waals surface area contributed by atoms with Crippen molar-refractivity contribution in [1.29, 1.82) is 0 Å². The number of imidazole rings is 1. The maximum absolute atomic E-state index is 4.46. The number of hydrogen-bond donors (Lipinski definition) is 1. The van der Waals surface area contributed by atoms with Crippen LogP contribution in [0.1, 0.15) is 24.4 Å². The second kappa shape index (κ2) is 6.01. The van der Waals surface area contributed by atoms with Gasteiger partial charge in [-0.3, -0.25) is 9.97 Å². The quantitative estimate of drug-likeness (QED) is 0.780. The second-order valence-corrected chi connectivity index (χ2v) is 4.98. The number of hydrogen-bond acceptors (Lipinski definition) is 4. The van der Waals surface area contributed by atoms with E-state index in [2.05, 4.69) is 43.9 Å². The highest BCUT2D eigenvalue weighted by atomic mass is 15.1. The molecule has 0 aliphatic heterocycles. The van der Waals surface area contributed by atoms with Gasteiger partial charge in [0.05, 0.1) is 11.0 Å². The molecule has 0 fully saturated rings. The van der Waals surface area contributed by atoms with E-state index in [9.17, 15) is 0 Å². The number of fused-ring (bicyclic) bond motifs is 1. The van der Waals surface area contributed by atoms with Gasteiger partial charge < -0.3 is 9.88 Å². The molecule has 2 heterocycles. The maximum Gasteiger partial charge on any atom is 0.110 e. The van der Waals surface area contributed by atoms with Crippen LogP contribution < -0.4 is 5.32 Å². The van der Waals surface area contributed by atoms with Gasteiger partial charge in [0.2, 0.25) is 0 Å². The van der Waals surface area contributed by atoms with E-state index in [1.807, 2.05) is 25.5 Å². The summed E-state index contributed by atoms with van der Waals surface area (Å²) in [6, 6.07) is 6.44. The third-order valence-electron chi connectivity index (χ3n) is 3.77. The molecule has 5 nitrogen and oxygen atoms in total. The Morgan fingerprint density at radius 3 is 2.67 bits per heavy atom. The van der Waals surface area contributed by atoms with Crippen molar-refractivity contribution in [3.05, 3.63) is 54.4 Å². The molecule has 0 aliphatic rings. The first-order chi connectivity index (χ1) is 10.3. The zero-order valence-corrected chi connectivity index (χ0v) is 12.3. The number of likely N-dealkylation sites (N-methyl/N-ethyl adjacent to an activating group) is 1. The molecule has 1 atom stereocenters. The van der Waals surface area contributed by atoms with Gasteiger partial charge in [0.25, 0.3) is 0 Å². The van der Waals surface area contributed by atoms with Gasteiger partial charge in [0.15, 0.2) is 0 Å². The molecule has 2 aromatic heterocycles. The van der Waals surface area contributed by atoms with Gasteiger partial charge in [0, 0.05) is 43.8 Å². The number of nitrogens with one attached hydrogen (secondary N) is 1. The van der Waals surface area contributed by atoms with Gasteiger partial charge in [-0.15, -0.1) is 0 Å². The van der Waals surface area contributed by atoms with Crippen molar-refractivity contribution in [1.82, 2.24) is 24.8 Å². The lowest BCUT2D eigenvalue weighted by atomic mass is 10.0. The smallest absolute Gasteiger partial charge is 0.110 e. The summed E-state index contributed by atoms with van der Waals surface area (Å²) in [6.07, 6.45) is 8.17. The van der Waals surface area contributed by atoms with Gasteiger partial charge in [-0.05, 0) is 31.7 Å². The van der Waals surface area contributed by atoms with Crippen LogP contribution in [0, 0.1) is 0 Å². The van der Waals surface area contributed by atoms with Crippen LogP contribution in [0.25, 0.3) is 11.0 Å². The van der Waals surface area contributed by atoms with E-state index in [-0.39, 0.29) is 6.04 Å². The summed E-state index contributed by atoms with van der Waals surface area (Å²) in [7, 11) is 1.98. The fraction of sp³-hybridized carbons (Fsp3) is 0.312. The first-order valence-corrected chi connectivity index (χ1v) is 7.19. The predicted molar refractivity (Wildman–Crippen MR) is 82.9 cm³/mol. The minimum absolute atomic E-state index is 0.212. The fourth-order valence-corrected chi connectivity index (χ4v) is 2.58. The first kappa shape index (κ1) is 13.7. The zero-order chi connectivity index (χ0) is 14.7. The normalized spacial score (nSPS) is 12.7. The van der Waals surface area contributed by atoms with Crippen LogP contribution in [0.15, 0.2) is 43.0 Å². The molecule has 1 unspecified atom stereocenters. The molecule has 108 valence electrons. The van der Waals surface area contributed by atoms with Crippen LogP contribution in [0.3, 0.4) is 0 Å². The summed E-state index contributed by atoms with van der Waals surface area (Å²) in [5.41, 5.74) is 3.05. The number of aromatic nitrogens is 4. The van der Waals surface area contributed by atoms with E-state index in [1.54, 1.807) is 12.4 Å². The minimum atomic E-state index is 0.212. The highest BCUT2D eigenvalue weighted by Gasteiger charge is 2.14. The molecule has 0 aliphatic carbocycles. The average molecular weight is 281 g/mol. The van der Waals surface area contributed by atoms with Crippen LogP contribution in [-0.4, -0.2) is 26.6 Å². The fourth-order valence-electron chi connectivity index (χ4n) is 2.58. The van der Waals surface area contributed by atoms with Gasteiger partial charge in [0.1, 0.15) is 5.82 Å². The maximum atomic E-state index is 4.46. The molecule has 1 N–H and O–H groups in total. The van der Waals surface area contributed by atoms with E-state index in [4.69, 9.17) is 0 Å². The molecule has 0 saturated heterocycles. The Balaban J connectivity index is 1.90. The summed E-state index contributed by atoms with van der Waals surface area (Å²) < 4.78 is 2.17. The number of rotatable bonds is 5. The molecule has 5 heteroatoms. The molecular weight excluding hydrogens is 262 g/mol. The third-order valence-corrected chi connectivity index (χ3v) is 3.77. The molecule has 0 radical (unpaired) electrons. The van der Waals surface area contributed by atoms with Crippen LogP contribution in [0.2, 0.25) is 0 Å². The van der Waals surface area contributed by atoms with Crippen molar-refractivity contribution in [2.75, 3.05) is 7.05 Å². The summed E-state index contributed by atoms with van der Waals surface area (Å²) in [4.78, 5) is 13.1. The Hall–Kier alpha value is -2.27. The minimum Gasteiger partial charge on any atom is -0.335 e. The molecule has 3 rings (SSSR count). The van der Waals surface area contributed by atoms with Crippen LogP contribution in [-0.2, 0) is 13.0 Å². The van der Waals surface area contributed by atoms with E-state index in [0.29, 0.717) is 0 Å². The number of nitrogens with zero attached hydrogens (tertiary/aromatic N) is 4. The van der Waals surface area contributed by atoms with E-state index < -0.39 is 0 Å². The molecule has 0 amide bonds. The largest absolute Gasteiger partial charge is 0.335 e. The van der Waals surface area contributed by atoms with Gasteiger partial charge in [-0.1, -0.05) is 6.07 Å². The molecule has 1 aromatic carbocycles. The van der Waals surface area contributed by atoms with Gasteiger partial charge in [-0.2, -0.15) is 0 Å². The standard InChI is InChI=1S/C16H19N5/c1-3-21-9-8-20-16(21)11-14(17-2)12-4-5-13-15(10-12)19-7-6-18-13/h4-10,14,17H,3,11H2,1-2H3.